The minimum absolute atomic E-state index is 0.153. The van der Waals surface area contributed by atoms with Gasteiger partial charge >= 0.3 is 6.09 Å². The largest absolute Gasteiger partial charge is 0.413 e. The number of aromatic nitrogens is 1. The third-order valence-electron chi connectivity index (χ3n) is 3.27. The van der Waals surface area contributed by atoms with Crippen LogP contribution in [0.15, 0.2) is 42.6 Å². The summed E-state index contributed by atoms with van der Waals surface area (Å²) in [5, 5.41) is 3.34. The molecule has 0 saturated carbocycles. The number of ether oxygens (including phenoxy) is 1. The van der Waals surface area contributed by atoms with Gasteiger partial charge in [-0.2, -0.15) is 0 Å². The second-order valence-electron chi connectivity index (χ2n) is 6.66. The van der Waals surface area contributed by atoms with Crippen LogP contribution in [0.25, 0.3) is 0 Å². The van der Waals surface area contributed by atoms with Gasteiger partial charge in [-0.3, -0.25) is 4.79 Å². The van der Waals surface area contributed by atoms with Crippen LogP contribution >= 0.6 is 11.6 Å². The van der Waals surface area contributed by atoms with Gasteiger partial charge < -0.3 is 10.1 Å². The summed E-state index contributed by atoms with van der Waals surface area (Å²) in [6.07, 6.45) is 1.70. The van der Waals surface area contributed by atoms with Crippen LogP contribution in [0.1, 0.15) is 43.2 Å². The highest BCUT2D eigenvalue weighted by molar-refractivity contribution is 6.30. The van der Waals surface area contributed by atoms with Crippen molar-refractivity contribution in [2.45, 2.75) is 39.2 Å². The van der Waals surface area contributed by atoms with E-state index in [0.717, 1.165) is 5.56 Å². The number of carbonyl (C=O) groups is 2. The number of carbonyl (C=O) groups excluding carboxylic acids is 2. The number of benzene rings is 1. The number of rotatable bonds is 5. The first kappa shape index (κ1) is 18.9. The van der Waals surface area contributed by atoms with Crippen LogP contribution in [0.5, 0.6) is 5.75 Å². The third kappa shape index (κ3) is 6.19. The van der Waals surface area contributed by atoms with E-state index in [-0.39, 0.29) is 23.6 Å². The van der Waals surface area contributed by atoms with Gasteiger partial charge in [-0.15, -0.1) is 0 Å². The summed E-state index contributed by atoms with van der Waals surface area (Å²) >= 11 is 5.85. The second kappa shape index (κ2) is 8.12. The molecule has 1 aromatic carbocycles. The summed E-state index contributed by atoms with van der Waals surface area (Å²) in [4.78, 5) is 28.5. The summed E-state index contributed by atoms with van der Waals surface area (Å²) in [5.74, 6) is -0.0283. The monoisotopic (exact) mass is 360 g/mol. The first-order valence-electron chi connectivity index (χ1n) is 7.97. The molecule has 1 heterocycles. The molecule has 1 N–H and O–H groups in total. The molecule has 2 rings (SSSR count). The zero-order valence-electron chi connectivity index (χ0n) is 14.5. The number of nitrogens with one attached hydrogen (secondary N) is 1. The number of hydrogen-bond donors (Lipinski definition) is 1. The first-order valence-corrected chi connectivity index (χ1v) is 8.35. The number of ketones is 1. The van der Waals surface area contributed by atoms with Gasteiger partial charge in [-0.25, -0.2) is 9.78 Å². The summed E-state index contributed by atoms with van der Waals surface area (Å²) < 4.78 is 5.26. The molecule has 1 aromatic heterocycles. The van der Waals surface area contributed by atoms with Crippen molar-refractivity contribution in [3.05, 3.63) is 58.9 Å². The summed E-state index contributed by atoms with van der Waals surface area (Å²) in [5.41, 5.74) is 0.722. The van der Waals surface area contributed by atoms with Gasteiger partial charge in [-0.05, 0) is 57.0 Å². The lowest BCUT2D eigenvalue weighted by Crippen LogP contribution is -2.42. The van der Waals surface area contributed by atoms with Crippen molar-refractivity contribution in [2.24, 2.45) is 0 Å². The van der Waals surface area contributed by atoms with E-state index in [1.807, 2.05) is 32.9 Å². The fourth-order valence-electron chi connectivity index (χ4n) is 2.14. The molecule has 0 spiro atoms. The van der Waals surface area contributed by atoms with E-state index in [1.165, 1.54) is 6.20 Å². The molecule has 0 saturated heterocycles. The first-order chi connectivity index (χ1) is 11.7. The van der Waals surface area contributed by atoms with E-state index >= 15 is 0 Å². The maximum absolute atomic E-state index is 12.5. The third-order valence-corrected chi connectivity index (χ3v) is 3.52. The van der Waals surface area contributed by atoms with E-state index in [9.17, 15) is 9.59 Å². The molecule has 2 aromatic rings. The number of halogens is 1. The van der Waals surface area contributed by atoms with Crippen molar-refractivity contribution in [1.82, 2.24) is 10.3 Å². The highest BCUT2D eigenvalue weighted by Crippen LogP contribution is 2.19. The van der Waals surface area contributed by atoms with Crippen molar-refractivity contribution in [3.63, 3.8) is 0 Å². The molecule has 0 bridgehead atoms. The van der Waals surface area contributed by atoms with Crippen LogP contribution in [0.2, 0.25) is 5.02 Å². The topological polar surface area (TPSA) is 68.3 Å². The highest BCUT2D eigenvalue weighted by atomic mass is 35.5. The molecule has 0 unspecified atom stereocenters. The lowest BCUT2D eigenvalue weighted by Gasteiger charge is -2.20. The van der Waals surface area contributed by atoms with E-state index in [2.05, 4.69) is 10.3 Å². The predicted octanol–water partition coefficient (Wildman–Crippen LogP) is 4.44. The van der Waals surface area contributed by atoms with Crippen molar-refractivity contribution in [2.75, 3.05) is 0 Å². The Morgan fingerprint density at radius 1 is 1.16 bits per heavy atom. The fourth-order valence-corrected chi connectivity index (χ4v) is 2.27. The zero-order valence-corrected chi connectivity index (χ0v) is 15.3. The van der Waals surface area contributed by atoms with Gasteiger partial charge in [0.25, 0.3) is 0 Å². The maximum Gasteiger partial charge on any atom is 0.413 e. The van der Waals surface area contributed by atoms with E-state index < -0.39 is 11.6 Å². The molecule has 0 atom stereocenters. The maximum atomic E-state index is 12.5. The summed E-state index contributed by atoms with van der Waals surface area (Å²) in [6, 6.07) is 10.5. The predicted molar refractivity (Wildman–Crippen MR) is 97.3 cm³/mol. The van der Waals surface area contributed by atoms with Gasteiger partial charge in [0.1, 0.15) is 5.69 Å². The molecule has 0 aliphatic heterocycles. The molecular weight excluding hydrogens is 340 g/mol. The van der Waals surface area contributed by atoms with Crippen LogP contribution in [0.4, 0.5) is 4.79 Å². The average Bonchev–Trinajstić information content (AvgIpc) is 2.52. The van der Waals surface area contributed by atoms with Crippen LogP contribution in [0, 0.1) is 0 Å². The number of amides is 1. The van der Waals surface area contributed by atoms with Crippen LogP contribution in [0.3, 0.4) is 0 Å². The number of nitrogens with zero attached hydrogens (tertiary/aromatic N) is 1. The van der Waals surface area contributed by atoms with Crippen molar-refractivity contribution >= 4 is 23.5 Å². The number of pyridine rings is 1. The Hall–Kier alpha value is -2.40. The molecule has 1 amide bonds. The standard InChI is InChI=1S/C19H21ClN2O3/c1-19(2,3)22-18(24)25-16-5-4-12-21-17(16)15(23)11-8-13-6-9-14(20)10-7-13/h4-7,9-10,12H,8,11H2,1-3H3,(H,22,24). The van der Waals surface area contributed by atoms with Gasteiger partial charge in [0.05, 0.1) is 0 Å². The second-order valence-corrected chi connectivity index (χ2v) is 7.10. The average molecular weight is 361 g/mol. The highest BCUT2D eigenvalue weighted by Gasteiger charge is 2.19. The van der Waals surface area contributed by atoms with E-state index in [1.54, 1.807) is 24.3 Å². The van der Waals surface area contributed by atoms with Gasteiger partial charge in [0, 0.05) is 23.2 Å². The molecule has 6 heteroatoms. The molecule has 0 aliphatic rings. The molecule has 0 aliphatic carbocycles. The van der Waals surface area contributed by atoms with E-state index in [4.69, 9.17) is 16.3 Å². The minimum atomic E-state index is -0.618. The van der Waals surface area contributed by atoms with Crippen molar-refractivity contribution in [1.29, 1.82) is 0 Å². The molecule has 0 fully saturated rings. The number of aryl methyl sites for hydroxylation is 1. The summed E-state index contributed by atoms with van der Waals surface area (Å²) in [6.45, 7) is 5.53. The normalized spacial score (nSPS) is 11.0. The number of Topliss-reactive ketones (excluding diaryl/α,β-unsaturated/α-hetero) is 1. The van der Waals surface area contributed by atoms with Crippen molar-refractivity contribution < 1.29 is 14.3 Å². The Kier molecular flexibility index (Phi) is 6.15. The fraction of sp³-hybridized carbons (Fsp3) is 0.316. The Morgan fingerprint density at radius 2 is 1.84 bits per heavy atom. The Bertz CT molecular complexity index is 752. The van der Waals surface area contributed by atoms with Crippen molar-refractivity contribution in [3.8, 4) is 5.75 Å². The Labute approximate surface area is 152 Å². The molecule has 132 valence electrons. The quantitative estimate of drug-likeness (QED) is 0.800. The molecule has 25 heavy (non-hydrogen) atoms. The zero-order chi connectivity index (χ0) is 18.4. The molecule has 5 nitrogen and oxygen atoms in total. The minimum Gasteiger partial charge on any atom is -0.408 e. The van der Waals surface area contributed by atoms with Gasteiger partial charge in [0.2, 0.25) is 0 Å². The smallest absolute Gasteiger partial charge is 0.408 e. The lowest BCUT2D eigenvalue weighted by atomic mass is 10.1. The number of hydrogen-bond acceptors (Lipinski definition) is 4. The molecular formula is C19H21ClN2O3. The Balaban J connectivity index is 2.04. The van der Waals surface area contributed by atoms with Crippen LogP contribution in [-0.4, -0.2) is 22.4 Å². The SMILES string of the molecule is CC(C)(C)NC(=O)Oc1cccnc1C(=O)CCc1ccc(Cl)cc1. The van der Waals surface area contributed by atoms with Crippen LogP contribution in [-0.2, 0) is 6.42 Å². The van der Waals surface area contributed by atoms with Gasteiger partial charge in [-0.1, -0.05) is 23.7 Å². The van der Waals surface area contributed by atoms with Crippen LogP contribution < -0.4 is 10.1 Å². The lowest BCUT2D eigenvalue weighted by molar-refractivity contribution is 0.0975. The van der Waals surface area contributed by atoms with Gasteiger partial charge in [0.15, 0.2) is 11.5 Å². The molecule has 0 radical (unpaired) electrons. The van der Waals surface area contributed by atoms with E-state index in [0.29, 0.717) is 11.4 Å². The summed E-state index contributed by atoms with van der Waals surface area (Å²) in [7, 11) is 0. The Morgan fingerprint density at radius 3 is 2.48 bits per heavy atom.